The van der Waals surface area contributed by atoms with Crippen molar-refractivity contribution < 1.29 is 22.5 Å². The van der Waals surface area contributed by atoms with Crippen LogP contribution in [0.5, 0.6) is 11.6 Å². The highest BCUT2D eigenvalue weighted by Gasteiger charge is 2.24. The maximum absolute atomic E-state index is 13.9. The lowest BCUT2D eigenvalue weighted by molar-refractivity contribution is -0.386. The number of nitro groups is 1. The minimum absolute atomic E-state index is 0.187. The number of pyridine rings is 1. The Kier molecular flexibility index (Phi) is 5.23. The lowest BCUT2D eigenvalue weighted by Gasteiger charge is -2.20. The molecule has 0 atom stereocenters. The third-order valence-electron chi connectivity index (χ3n) is 3.84. The zero-order chi connectivity index (χ0) is 20.3. The van der Waals surface area contributed by atoms with E-state index in [4.69, 9.17) is 4.74 Å². The Balaban J connectivity index is 1.85. The first-order valence-electron chi connectivity index (χ1n) is 7.91. The van der Waals surface area contributed by atoms with Crippen molar-refractivity contribution >= 4 is 21.4 Å². The van der Waals surface area contributed by atoms with Gasteiger partial charge in [0.05, 0.1) is 10.6 Å². The summed E-state index contributed by atoms with van der Waals surface area (Å²) in [6, 6.07) is 13.5. The van der Waals surface area contributed by atoms with Gasteiger partial charge in [-0.1, -0.05) is 12.1 Å². The smallest absolute Gasteiger partial charge is 0.331 e. The van der Waals surface area contributed by atoms with E-state index in [0.29, 0.717) is 0 Å². The number of aromatic nitrogens is 1. The molecule has 2 aromatic carbocycles. The predicted octanol–water partition coefficient (Wildman–Crippen LogP) is 3.75. The fraction of sp³-hybridized carbons (Fsp3) is 0.0556. The summed E-state index contributed by atoms with van der Waals surface area (Å²) in [7, 11) is -2.80. The van der Waals surface area contributed by atoms with E-state index in [-0.39, 0.29) is 23.0 Å². The van der Waals surface area contributed by atoms with Crippen LogP contribution in [0.2, 0.25) is 0 Å². The van der Waals surface area contributed by atoms with Crippen molar-refractivity contribution in [1.29, 1.82) is 0 Å². The van der Waals surface area contributed by atoms with Crippen LogP contribution < -0.4 is 9.04 Å². The summed E-state index contributed by atoms with van der Waals surface area (Å²) in [5, 5.41) is 11.0. The minimum atomic E-state index is -4.10. The molecule has 0 aliphatic carbocycles. The molecule has 0 aliphatic rings. The molecule has 28 heavy (non-hydrogen) atoms. The third-order valence-corrected chi connectivity index (χ3v) is 5.66. The quantitative estimate of drug-likeness (QED) is 0.459. The number of halogens is 1. The number of nitrogens with zero attached hydrogens (tertiary/aromatic N) is 3. The third kappa shape index (κ3) is 3.76. The molecule has 0 amide bonds. The number of sulfonamides is 1. The molecular weight excluding hydrogens is 389 g/mol. The lowest BCUT2D eigenvalue weighted by atomic mass is 10.3. The first-order chi connectivity index (χ1) is 13.3. The molecule has 3 rings (SSSR count). The van der Waals surface area contributed by atoms with Gasteiger partial charge in [-0.05, 0) is 42.5 Å². The Morgan fingerprint density at radius 2 is 1.75 bits per heavy atom. The van der Waals surface area contributed by atoms with Gasteiger partial charge in [-0.2, -0.15) is 0 Å². The van der Waals surface area contributed by atoms with Gasteiger partial charge in [-0.15, -0.1) is 0 Å². The van der Waals surface area contributed by atoms with Gasteiger partial charge < -0.3 is 4.74 Å². The van der Waals surface area contributed by atoms with E-state index in [2.05, 4.69) is 4.98 Å². The average molecular weight is 403 g/mol. The number of benzene rings is 2. The van der Waals surface area contributed by atoms with Crippen LogP contribution in [0.1, 0.15) is 0 Å². The van der Waals surface area contributed by atoms with Crippen molar-refractivity contribution in [3.63, 3.8) is 0 Å². The van der Waals surface area contributed by atoms with Crippen LogP contribution in [0.4, 0.5) is 15.8 Å². The molecule has 144 valence electrons. The monoisotopic (exact) mass is 403 g/mol. The summed E-state index contributed by atoms with van der Waals surface area (Å²) < 4.78 is 45.5. The zero-order valence-corrected chi connectivity index (χ0v) is 15.3. The minimum Gasteiger partial charge on any atom is -0.434 e. The maximum Gasteiger partial charge on any atom is 0.331 e. The molecule has 1 heterocycles. The van der Waals surface area contributed by atoms with Crippen molar-refractivity contribution in [1.82, 2.24) is 4.98 Å². The molecule has 8 nitrogen and oxygen atoms in total. The Labute approximate surface area is 160 Å². The van der Waals surface area contributed by atoms with Crippen LogP contribution >= 0.6 is 0 Å². The number of hydrogen-bond acceptors (Lipinski definition) is 6. The van der Waals surface area contributed by atoms with E-state index in [1.807, 2.05) is 0 Å². The first kappa shape index (κ1) is 19.2. The second-order valence-electron chi connectivity index (χ2n) is 5.58. The molecule has 0 saturated heterocycles. The summed E-state index contributed by atoms with van der Waals surface area (Å²) in [6.45, 7) is 0. The summed E-state index contributed by atoms with van der Waals surface area (Å²) in [6.07, 6.45) is 1.35. The summed E-state index contributed by atoms with van der Waals surface area (Å²) in [4.78, 5) is 13.8. The van der Waals surface area contributed by atoms with Crippen molar-refractivity contribution in [3.05, 3.63) is 82.8 Å². The topological polar surface area (TPSA) is 103 Å². The van der Waals surface area contributed by atoms with Crippen LogP contribution in [-0.2, 0) is 10.0 Å². The fourth-order valence-electron chi connectivity index (χ4n) is 2.38. The molecule has 0 radical (unpaired) electrons. The molecule has 0 spiro atoms. The number of anilines is 1. The number of ether oxygens (including phenoxy) is 1. The second kappa shape index (κ2) is 7.61. The van der Waals surface area contributed by atoms with E-state index in [0.717, 1.165) is 10.4 Å². The average Bonchev–Trinajstić information content (AvgIpc) is 2.68. The van der Waals surface area contributed by atoms with Crippen LogP contribution in [0.25, 0.3) is 0 Å². The summed E-state index contributed by atoms with van der Waals surface area (Å²) in [5.41, 5.74) is -0.0445. The highest BCUT2D eigenvalue weighted by Crippen LogP contribution is 2.30. The highest BCUT2D eigenvalue weighted by molar-refractivity contribution is 7.92. The SMILES string of the molecule is CN(c1ccc(Oc2ncccc2[N+](=O)[O-])cc1)S(=O)(=O)c1ccccc1F. The summed E-state index contributed by atoms with van der Waals surface area (Å²) in [5.74, 6) is -0.813. The molecule has 0 unspecified atom stereocenters. The molecule has 0 saturated carbocycles. The van der Waals surface area contributed by atoms with Crippen molar-refractivity contribution in [3.8, 4) is 11.6 Å². The van der Waals surface area contributed by atoms with E-state index < -0.39 is 25.7 Å². The predicted molar refractivity (Wildman–Crippen MR) is 99.4 cm³/mol. The molecular formula is C18H14FN3O5S. The normalized spacial score (nSPS) is 11.1. The van der Waals surface area contributed by atoms with Crippen LogP contribution in [0.3, 0.4) is 0 Å². The van der Waals surface area contributed by atoms with Gasteiger partial charge in [0.1, 0.15) is 16.5 Å². The zero-order valence-electron chi connectivity index (χ0n) is 14.5. The van der Waals surface area contributed by atoms with Gasteiger partial charge in [-0.3, -0.25) is 14.4 Å². The first-order valence-corrected chi connectivity index (χ1v) is 9.35. The van der Waals surface area contributed by atoms with E-state index in [9.17, 15) is 22.9 Å². The van der Waals surface area contributed by atoms with Gasteiger partial charge in [0.2, 0.25) is 0 Å². The molecule has 3 aromatic rings. The number of rotatable bonds is 6. The van der Waals surface area contributed by atoms with Gasteiger partial charge in [0, 0.05) is 19.3 Å². The Morgan fingerprint density at radius 1 is 1.07 bits per heavy atom. The van der Waals surface area contributed by atoms with Crippen molar-refractivity contribution in [2.75, 3.05) is 11.4 Å². The molecule has 0 N–H and O–H groups in total. The van der Waals surface area contributed by atoms with E-state index in [1.165, 1.54) is 67.8 Å². The second-order valence-corrected chi connectivity index (χ2v) is 7.52. The molecule has 0 fully saturated rings. The lowest BCUT2D eigenvalue weighted by Crippen LogP contribution is -2.27. The number of hydrogen-bond donors (Lipinski definition) is 0. The highest BCUT2D eigenvalue weighted by atomic mass is 32.2. The van der Waals surface area contributed by atoms with Gasteiger partial charge in [-0.25, -0.2) is 17.8 Å². The van der Waals surface area contributed by atoms with E-state index in [1.54, 1.807) is 0 Å². The van der Waals surface area contributed by atoms with Crippen LogP contribution in [0, 0.1) is 15.9 Å². The van der Waals surface area contributed by atoms with Crippen LogP contribution in [0.15, 0.2) is 71.8 Å². The van der Waals surface area contributed by atoms with E-state index >= 15 is 0 Å². The van der Waals surface area contributed by atoms with Crippen molar-refractivity contribution in [2.24, 2.45) is 0 Å². The van der Waals surface area contributed by atoms with Gasteiger partial charge >= 0.3 is 5.69 Å². The fourth-order valence-corrected chi connectivity index (χ4v) is 3.64. The Morgan fingerprint density at radius 3 is 2.39 bits per heavy atom. The van der Waals surface area contributed by atoms with Crippen LogP contribution in [-0.4, -0.2) is 25.4 Å². The molecule has 1 aromatic heterocycles. The Bertz CT molecular complexity index is 1120. The molecule has 0 bridgehead atoms. The summed E-state index contributed by atoms with van der Waals surface area (Å²) >= 11 is 0. The molecule has 10 heteroatoms. The van der Waals surface area contributed by atoms with Gasteiger partial charge in [0.25, 0.3) is 15.9 Å². The van der Waals surface area contributed by atoms with Crippen molar-refractivity contribution in [2.45, 2.75) is 4.90 Å². The Hall–Kier alpha value is -3.53. The standard InChI is InChI=1S/C18H14FN3O5S/c1-21(28(25,26)17-7-3-2-5-15(17)19)13-8-10-14(11-9-13)27-18-16(22(23)24)6-4-12-20-18/h2-12H,1H3. The maximum atomic E-state index is 13.9. The largest absolute Gasteiger partial charge is 0.434 e. The van der Waals surface area contributed by atoms with Gasteiger partial charge in [0.15, 0.2) is 0 Å². The molecule has 0 aliphatic heterocycles.